The lowest BCUT2D eigenvalue weighted by atomic mass is 9.77. The van der Waals surface area contributed by atoms with E-state index in [1.807, 2.05) is 62.3 Å². The lowest BCUT2D eigenvalue weighted by Crippen LogP contribution is -2.33. The van der Waals surface area contributed by atoms with Gasteiger partial charge < -0.3 is 19.1 Å². The monoisotopic (exact) mass is 673 g/mol. The van der Waals surface area contributed by atoms with E-state index in [4.69, 9.17) is 51.1 Å². The highest BCUT2D eigenvalue weighted by Gasteiger charge is 2.55. The molecule has 0 saturated heterocycles. The van der Waals surface area contributed by atoms with E-state index in [1.165, 1.54) is 25.7 Å². The number of cyclic esters (lactones) is 1. The SMILES string of the molecule is CCCCCCCCn1c(C)c(C2(c3ccc(N(C)C)cc3N(C)C)OC(=O)c3c(Cl)c(Cl)c(Cl)c(Cl)c32)c2ccccc21. The second-order valence-electron chi connectivity index (χ2n) is 12.0. The van der Waals surface area contributed by atoms with Crippen molar-refractivity contribution in [3.05, 3.63) is 90.5 Å². The number of aromatic nitrogens is 1. The molecular weight excluding hydrogens is 636 g/mol. The van der Waals surface area contributed by atoms with Gasteiger partial charge in [0.05, 0.1) is 25.7 Å². The van der Waals surface area contributed by atoms with Crippen molar-refractivity contribution in [1.82, 2.24) is 4.57 Å². The highest BCUT2D eigenvalue weighted by atomic mass is 35.5. The highest BCUT2D eigenvalue weighted by molar-refractivity contribution is 6.53. The molecule has 4 aromatic rings. The number of carbonyl (C=O) groups excluding carboxylic acids is 1. The number of para-hydroxylation sites is 1. The molecular formula is C35H39Cl4N3O2. The predicted molar refractivity (Wildman–Crippen MR) is 187 cm³/mol. The normalized spacial score (nSPS) is 16.0. The van der Waals surface area contributed by atoms with E-state index in [1.54, 1.807) is 0 Å². The van der Waals surface area contributed by atoms with Crippen molar-refractivity contribution in [3.63, 3.8) is 0 Å². The van der Waals surface area contributed by atoms with Crippen molar-refractivity contribution in [2.45, 2.75) is 64.5 Å². The molecule has 0 radical (unpaired) electrons. The van der Waals surface area contributed by atoms with Crippen LogP contribution in [0.15, 0.2) is 42.5 Å². The van der Waals surface area contributed by atoms with Crippen LogP contribution >= 0.6 is 46.4 Å². The van der Waals surface area contributed by atoms with Gasteiger partial charge in [-0.2, -0.15) is 0 Å². The van der Waals surface area contributed by atoms with E-state index in [-0.39, 0.29) is 25.7 Å². The maximum absolute atomic E-state index is 14.0. The summed E-state index contributed by atoms with van der Waals surface area (Å²) in [6.45, 7) is 5.17. The van der Waals surface area contributed by atoms with Gasteiger partial charge in [0, 0.05) is 79.4 Å². The Morgan fingerprint density at radius 1 is 0.795 bits per heavy atom. The van der Waals surface area contributed by atoms with Crippen molar-refractivity contribution in [2.75, 3.05) is 38.0 Å². The third kappa shape index (κ3) is 5.34. The summed E-state index contributed by atoms with van der Waals surface area (Å²) in [6, 6.07) is 14.4. The van der Waals surface area contributed by atoms with Crippen LogP contribution in [0.1, 0.15) is 78.2 Å². The minimum absolute atomic E-state index is 0.0304. The highest BCUT2D eigenvalue weighted by Crippen LogP contribution is 2.58. The van der Waals surface area contributed by atoms with Gasteiger partial charge in [-0.1, -0.05) is 110 Å². The number of anilines is 2. The molecule has 0 fully saturated rings. The van der Waals surface area contributed by atoms with Crippen LogP contribution in [0.3, 0.4) is 0 Å². The van der Waals surface area contributed by atoms with Crippen LogP contribution in [0, 0.1) is 6.92 Å². The van der Waals surface area contributed by atoms with Gasteiger partial charge in [-0.3, -0.25) is 0 Å². The Kier molecular flexibility index (Phi) is 9.72. The molecule has 0 spiro atoms. The third-order valence-corrected chi connectivity index (χ3v) is 10.5. The number of hydrogen-bond donors (Lipinski definition) is 0. The van der Waals surface area contributed by atoms with E-state index in [2.05, 4.69) is 36.6 Å². The first-order valence-electron chi connectivity index (χ1n) is 15.1. The molecule has 3 aromatic carbocycles. The first-order valence-corrected chi connectivity index (χ1v) is 16.7. The molecule has 1 aliphatic rings. The molecule has 5 nitrogen and oxygen atoms in total. The minimum atomic E-state index is -1.46. The van der Waals surface area contributed by atoms with E-state index in [9.17, 15) is 4.79 Å². The number of halogens is 4. The average molecular weight is 676 g/mol. The predicted octanol–water partition coefficient (Wildman–Crippen LogP) is 10.5. The van der Waals surface area contributed by atoms with Gasteiger partial charge in [0.1, 0.15) is 0 Å². The van der Waals surface area contributed by atoms with Gasteiger partial charge in [0.15, 0.2) is 5.60 Å². The fraction of sp³-hybridized carbons (Fsp3) is 0.400. The van der Waals surface area contributed by atoms with Crippen LogP contribution in [-0.2, 0) is 16.9 Å². The molecule has 0 amide bonds. The molecule has 0 saturated carbocycles. The maximum atomic E-state index is 14.0. The van der Waals surface area contributed by atoms with Crippen LogP contribution in [-0.4, -0.2) is 38.7 Å². The Hall–Kier alpha value is -2.57. The summed E-state index contributed by atoms with van der Waals surface area (Å²) in [7, 11) is 7.94. The molecule has 2 heterocycles. The van der Waals surface area contributed by atoms with Gasteiger partial charge >= 0.3 is 5.97 Å². The Bertz CT molecular complexity index is 1730. The van der Waals surface area contributed by atoms with Crippen molar-refractivity contribution >= 4 is 74.7 Å². The molecule has 1 atom stereocenters. The smallest absolute Gasteiger partial charge is 0.341 e. The number of unbranched alkanes of at least 4 members (excludes halogenated alkanes) is 5. The lowest BCUT2D eigenvalue weighted by molar-refractivity contribution is 0.0255. The summed E-state index contributed by atoms with van der Waals surface area (Å²) < 4.78 is 8.99. The zero-order valence-corrected chi connectivity index (χ0v) is 29.2. The summed E-state index contributed by atoms with van der Waals surface area (Å²) in [5, 5.41) is 1.27. The summed E-state index contributed by atoms with van der Waals surface area (Å²) in [6.07, 6.45) is 7.14. The summed E-state index contributed by atoms with van der Waals surface area (Å²) >= 11 is 27.1. The Morgan fingerprint density at radius 2 is 1.45 bits per heavy atom. The van der Waals surface area contributed by atoms with Crippen LogP contribution in [0.25, 0.3) is 10.9 Å². The van der Waals surface area contributed by atoms with Crippen LogP contribution in [0.2, 0.25) is 20.1 Å². The number of benzene rings is 3. The zero-order valence-electron chi connectivity index (χ0n) is 26.2. The second kappa shape index (κ2) is 13.0. The maximum Gasteiger partial charge on any atom is 0.341 e. The first kappa shape index (κ1) is 32.8. The minimum Gasteiger partial charge on any atom is -0.440 e. The average Bonchev–Trinajstić information content (AvgIpc) is 3.47. The van der Waals surface area contributed by atoms with Crippen molar-refractivity contribution in [3.8, 4) is 0 Å². The van der Waals surface area contributed by atoms with Crippen LogP contribution < -0.4 is 9.80 Å². The molecule has 0 bridgehead atoms. The third-order valence-electron chi connectivity index (χ3n) is 8.75. The standard InChI is InChI=1S/C35H39Cl4N3O2/c1-7-8-9-10-11-14-19-42-21(2)28(23-15-12-13-16-25(23)42)35(24-18-17-22(40(3)4)20-26(24)41(5)6)29-27(34(43)44-35)30(36)32(38)33(39)31(29)37/h12-13,15-18,20H,7-11,14,19H2,1-6H3. The van der Waals surface area contributed by atoms with E-state index in [0.717, 1.165) is 58.5 Å². The van der Waals surface area contributed by atoms with Gasteiger partial charge in [-0.05, 0) is 31.5 Å². The van der Waals surface area contributed by atoms with Crippen molar-refractivity contribution in [2.24, 2.45) is 0 Å². The second-order valence-corrected chi connectivity index (χ2v) is 13.5. The molecule has 1 aromatic heterocycles. The zero-order chi connectivity index (χ0) is 31.9. The number of ether oxygens (including phenoxy) is 1. The fourth-order valence-corrected chi connectivity index (χ4v) is 7.64. The molecule has 9 heteroatoms. The van der Waals surface area contributed by atoms with Crippen LogP contribution in [0.5, 0.6) is 0 Å². The summed E-state index contributed by atoms with van der Waals surface area (Å²) in [5.41, 5.74) is 4.60. The lowest BCUT2D eigenvalue weighted by Gasteiger charge is -2.35. The molecule has 1 aliphatic heterocycles. The number of carbonyl (C=O) groups is 1. The molecule has 0 aliphatic carbocycles. The van der Waals surface area contributed by atoms with Gasteiger partial charge in [-0.25, -0.2) is 4.79 Å². The topological polar surface area (TPSA) is 37.7 Å². The number of rotatable bonds is 11. The van der Waals surface area contributed by atoms with Crippen LogP contribution in [0.4, 0.5) is 11.4 Å². The van der Waals surface area contributed by atoms with Gasteiger partial charge in [0.25, 0.3) is 0 Å². The Labute approximate surface area is 280 Å². The van der Waals surface area contributed by atoms with E-state index in [0.29, 0.717) is 5.56 Å². The fourth-order valence-electron chi connectivity index (χ4n) is 6.58. The Balaban J connectivity index is 1.86. The largest absolute Gasteiger partial charge is 0.440 e. The molecule has 1 unspecified atom stereocenters. The summed E-state index contributed by atoms with van der Waals surface area (Å²) in [4.78, 5) is 18.0. The molecule has 234 valence electrons. The molecule has 44 heavy (non-hydrogen) atoms. The molecule has 5 rings (SSSR count). The summed E-state index contributed by atoms with van der Waals surface area (Å²) in [5.74, 6) is -0.598. The Morgan fingerprint density at radius 3 is 2.14 bits per heavy atom. The number of aryl methyl sites for hydroxylation is 1. The van der Waals surface area contributed by atoms with Gasteiger partial charge in [-0.15, -0.1) is 0 Å². The number of fused-ring (bicyclic) bond motifs is 2. The van der Waals surface area contributed by atoms with E-state index < -0.39 is 11.6 Å². The van der Waals surface area contributed by atoms with Gasteiger partial charge in [0.2, 0.25) is 0 Å². The van der Waals surface area contributed by atoms with E-state index >= 15 is 0 Å². The van der Waals surface area contributed by atoms with Crippen molar-refractivity contribution in [1.29, 1.82) is 0 Å². The quantitative estimate of drug-likeness (QED) is 0.0687. The number of esters is 1. The first-order chi connectivity index (χ1) is 21.0. The molecule has 0 N–H and O–H groups in total. The number of hydrogen-bond acceptors (Lipinski definition) is 4. The number of nitrogens with zero attached hydrogens (tertiary/aromatic N) is 3. The van der Waals surface area contributed by atoms with Crippen molar-refractivity contribution < 1.29 is 9.53 Å².